The highest BCUT2D eigenvalue weighted by Gasteiger charge is 2.33. The molecule has 1 aromatic rings. The van der Waals surface area contributed by atoms with Crippen LogP contribution in [0.2, 0.25) is 0 Å². The second kappa shape index (κ2) is 10.2. The first kappa shape index (κ1) is 23.1. The minimum Gasteiger partial charge on any atom is -0.357 e. The monoisotopic (exact) mass is 439 g/mol. The first-order chi connectivity index (χ1) is 15.5. The second-order valence-electron chi connectivity index (χ2n) is 10.3. The lowest BCUT2D eigenvalue weighted by molar-refractivity contribution is -0.134. The van der Waals surface area contributed by atoms with Gasteiger partial charge in [-0.25, -0.2) is 0 Å². The summed E-state index contributed by atoms with van der Waals surface area (Å²) in [6, 6.07) is 9.08. The highest BCUT2D eigenvalue weighted by Crippen LogP contribution is 2.28. The molecule has 1 unspecified atom stereocenters. The molecule has 1 aromatic carbocycles. The van der Waals surface area contributed by atoms with Gasteiger partial charge < -0.3 is 15.5 Å². The molecule has 2 heterocycles. The molecule has 0 aromatic heterocycles. The highest BCUT2D eigenvalue weighted by atomic mass is 16.2. The van der Waals surface area contributed by atoms with E-state index in [0.717, 1.165) is 70.9 Å². The fourth-order valence-corrected chi connectivity index (χ4v) is 5.41. The Hall–Kier alpha value is -2.08. The van der Waals surface area contributed by atoms with E-state index in [4.69, 9.17) is 4.99 Å². The van der Waals surface area contributed by atoms with Crippen LogP contribution in [0.25, 0.3) is 0 Å². The van der Waals surface area contributed by atoms with Gasteiger partial charge in [0.2, 0.25) is 5.91 Å². The molecular weight excluding hydrogens is 398 g/mol. The molecule has 1 aliphatic carbocycles. The molecule has 6 heteroatoms. The second-order valence-corrected chi connectivity index (χ2v) is 10.3. The van der Waals surface area contributed by atoms with Crippen molar-refractivity contribution in [2.75, 3.05) is 32.7 Å². The van der Waals surface area contributed by atoms with Gasteiger partial charge in [0.25, 0.3) is 0 Å². The molecule has 2 fully saturated rings. The quantitative estimate of drug-likeness (QED) is 0.528. The summed E-state index contributed by atoms with van der Waals surface area (Å²) in [4.78, 5) is 22.4. The number of carbonyl (C=O) groups is 1. The van der Waals surface area contributed by atoms with Crippen LogP contribution in [0.5, 0.6) is 0 Å². The number of nitrogens with one attached hydrogen (secondary N) is 2. The van der Waals surface area contributed by atoms with Crippen molar-refractivity contribution in [3.05, 3.63) is 35.4 Å². The van der Waals surface area contributed by atoms with Crippen LogP contribution in [0.3, 0.4) is 0 Å². The van der Waals surface area contributed by atoms with Gasteiger partial charge in [-0.1, -0.05) is 37.1 Å². The highest BCUT2D eigenvalue weighted by molar-refractivity contribution is 5.81. The largest absolute Gasteiger partial charge is 0.357 e. The average molecular weight is 440 g/mol. The van der Waals surface area contributed by atoms with E-state index in [1.54, 1.807) is 0 Å². The van der Waals surface area contributed by atoms with E-state index >= 15 is 0 Å². The standard InChI is InChI=1S/C26H41N5O/c1-4-27-25(29-23-14-15-30(18-23)24(32)21-10-6-7-11-21)28-19-26(2,3)31-16-13-20-9-5-8-12-22(20)17-31/h5,8-9,12,21,23H,4,6-7,10-11,13-19H2,1-3H3,(H2,27,28,29). The maximum Gasteiger partial charge on any atom is 0.225 e. The third-order valence-corrected chi connectivity index (χ3v) is 7.50. The SMILES string of the molecule is CCNC(=NCC(C)(C)N1CCc2ccccc2C1)NC1CCN(C(=O)C2CCCC2)C1. The number of carbonyl (C=O) groups excluding carboxylic acids is 1. The molecule has 0 radical (unpaired) electrons. The Balaban J connectivity index is 1.33. The number of benzene rings is 1. The first-order valence-electron chi connectivity index (χ1n) is 12.6. The number of aliphatic imine (C=N–C) groups is 1. The summed E-state index contributed by atoms with van der Waals surface area (Å²) in [5.74, 6) is 1.52. The Bertz CT molecular complexity index is 814. The molecule has 2 N–H and O–H groups in total. The zero-order chi connectivity index (χ0) is 22.6. The van der Waals surface area contributed by atoms with E-state index in [1.807, 2.05) is 0 Å². The summed E-state index contributed by atoms with van der Waals surface area (Å²) in [6.07, 6.45) is 6.67. The topological polar surface area (TPSA) is 60.0 Å². The van der Waals surface area contributed by atoms with Crippen molar-refractivity contribution < 1.29 is 4.79 Å². The summed E-state index contributed by atoms with van der Waals surface area (Å²) in [6.45, 7) is 12.0. The van der Waals surface area contributed by atoms with Crippen molar-refractivity contribution in [3.8, 4) is 0 Å². The summed E-state index contributed by atoms with van der Waals surface area (Å²) < 4.78 is 0. The van der Waals surface area contributed by atoms with Crippen molar-refractivity contribution in [1.29, 1.82) is 0 Å². The molecule has 32 heavy (non-hydrogen) atoms. The Morgan fingerprint density at radius 3 is 2.62 bits per heavy atom. The summed E-state index contributed by atoms with van der Waals surface area (Å²) in [7, 11) is 0. The Morgan fingerprint density at radius 2 is 1.88 bits per heavy atom. The van der Waals surface area contributed by atoms with Crippen LogP contribution in [-0.4, -0.2) is 66.0 Å². The van der Waals surface area contributed by atoms with Gasteiger partial charge >= 0.3 is 0 Å². The Kier molecular flexibility index (Phi) is 7.39. The van der Waals surface area contributed by atoms with Crippen molar-refractivity contribution in [2.24, 2.45) is 10.9 Å². The number of likely N-dealkylation sites (tertiary alicyclic amines) is 1. The zero-order valence-electron chi connectivity index (χ0n) is 20.2. The predicted octanol–water partition coefficient (Wildman–Crippen LogP) is 3.17. The normalized spacial score (nSPS) is 22.8. The third kappa shape index (κ3) is 5.45. The lowest BCUT2D eigenvalue weighted by Crippen LogP contribution is -2.50. The molecule has 1 saturated carbocycles. The number of amides is 1. The molecule has 1 atom stereocenters. The fraction of sp³-hybridized carbons (Fsp3) is 0.692. The van der Waals surface area contributed by atoms with E-state index in [0.29, 0.717) is 5.91 Å². The van der Waals surface area contributed by atoms with Gasteiger partial charge in [0, 0.05) is 50.2 Å². The molecule has 3 aliphatic rings. The van der Waals surface area contributed by atoms with Crippen molar-refractivity contribution in [3.63, 3.8) is 0 Å². The van der Waals surface area contributed by atoms with E-state index < -0.39 is 0 Å². The van der Waals surface area contributed by atoms with Gasteiger partial charge in [0.15, 0.2) is 5.96 Å². The minimum absolute atomic E-state index is 0.0178. The van der Waals surface area contributed by atoms with Gasteiger partial charge in [-0.15, -0.1) is 0 Å². The van der Waals surface area contributed by atoms with Crippen LogP contribution < -0.4 is 10.6 Å². The number of rotatable bonds is 6. The van der Waals surface area contributed by atoms with Gasteiger partial charge in [0.1, 0.15) is 0 Å². The molecule has 2 aliphatic heterocycles. The van der Waals surface area contributed by atoms with Crippen LogP contribution in [0.1, 0.15) is 64.0 Å². The van der Waals surface area contributed by atoms with Crippen LogP contribution in [0, 0.1) is 5.92 Å². The summed E-state index contributed by atoms with van der Waals surface area (Å²) in [5, 5.41) is 7.03. The van der Waals surface area contributed by atoms with Crippen LogP contribution in [-0.2, 0) is 17.8 Å². The average Bonchev–Trinajstić information content (AvgIpc) is 3.49. The molecule has 1 saturated heterocycles. The Labute approximate surface area is 193 Å². The van der Waals surface area contributed by atoms with Gasteiger partial charge in [-0.05, 0) is 57.6 Å². The lowest BCUT2D eigenvalue weighted by atomic mass is 9.94. The van der Waals surface area contributed by atoms with Crippen LogP contribution >= 0.6 is 0 Å². The number of hydrogen-bond acceptors (Lipinski definition) is 3. The molecule has 4 rings (SSSR count). The van der Waals surface area contributed by atoms with E-state index in [1.165, 1.54) is 24.0 Å². The van der Waals surface area contributed by atoms with Gasteiger partial charge in [0.05, 0.1) is 6.54 Å². The third-order valence-electron chi connectivity index (χ3n) is 7.50. The van der Waals surface area contributed by atoms with Crippen LogP contribution in [0.15, 0.2) is 29.3 Å². The minimum atomic E-state index is -0.0178. The smallest absolute Gasteiger partial charge is 0.225 e. The van der Waals surface area contributed by atoms with Gasteiger partial charge in [-0.2, -0.15) is 0 Å². The fourth-order valence-electron chi connectivity index (χ4n) is 5.41. The summed E-state index contributed by atoms with van der Waals surface area (Å²) in [5.41, 5.74) is 2.91. The van der Waals surface area contributed by atoms with Gasteiger partial charge in [-0.3, -0.25) is 14.7 Å². The molecule has 1 amide bonds. The van der Waals surface area contributed by atoms with Crippen molar-refractivity contribution >= 4 is 11.9 Å². The Morgan fingerprint density at radius 1 is 1.12 bits per heavy atom. The van der Waals surface area contributed by atoms with Crippen molar-refractivity contribution in [2.45, 2.75) is 77.4 Å². The molecular formula is C26H41N5O. The van der Waals surface area contributed by atoms with Crippen LogP contribution in [0.4, 0.5) is 0 Å². The maximum atomic E-state index is 12.8. The summed E-state index contributed by atoms with van der Waals surface area (Å²) >= 11 is 0. The van der Waals surface area contributed by atoms with E-state index in [-0.39, 0.29) is 17.5 Å². The number of guanidine groups is 1. The number of hydrogen-bond donors (Lipinski definition) is 2. The van der Waals surface area contributed by atoms with E-state index in [2.05, 4.69) is 65.5 Å². The molecule has 6 nitrogen and oxygen atoms in total. The number of fused-ring (bicyclic) bond motifs is 1. The van der Waals surface area contributed by atoms with Crippen molar-refractivity contribution in [1.82, 2.24) is 20.4 Å². The zero-order valence-corrected chi connectivity index (χ0v) is 20.2. The first-order valence-corrected chi connectivity index (χ1v) is 12.6. The van der Waals surface area contributed by atoms with E-state index in [9.17, 15) is 4.79 Å². The molecule has 176 valence electrons. The predicted molar refractivity (Wildman–Crippen MR) is 131 cm³/mol. The maximum absolute atomic E-state index is 12.8. The number of nitrogens with zero attached hydrogens (tertiary/aromatic N) is 3. The molecule has 0 bridgehead atoms. The molecule has 0 spiro atoms. The lowest BCUT2D eigenvalue weighted by Gasteiger charge is -2.41.